The van der Waals surface area contributed by atoms with E-state index in [1.807, 2.05) is 4.90 Å². The molecule has 0 N–H and O–H groups in total. The highest BCUT2D eigenvalue weighted by atomic mass is 16.2. The van der Waals surface area contributed by atoms with Gasteiger partial charge in [0.2, 0.25) is 5.91 Å². The first-order valence-corrected chi connectivity index (χ1v) is 8.18. The lowest BCUT2D eigenvalue weighted by molar-refractivity contribution is -0.127. The SMILES string of the molecule is CC(=O)N1CC[C@@H](N(C)CCN2C3C[CH]C[C@@H]2CC3)C1. The fourth-order valence-electron chi connectivity index (χ4n) is 4.21. The van der Waals surface area contributed by atoms with Gasteiger partial charge in [0.05, 0.1) is 0 Å². The van der Waals surface area contributed by atoms with Crippen molar-refractivity contribution in [3.63, 3.8) is 0 Å². The number of hydrogen-bond acceptors (Lipinski definition) is 3. The van der Waals surface area contributed by atoms with Crippen molar-refractivity contribution in [3.05, 3.63) is 6.42 Å². The van der Waals surface area contributed by atoms with Gasteiger partial charge in [0.15, 0.2) is 0 Å². The Morgan fingerprint density at radius 3 is 2.55 bits per heavy atom. The third-order valence-corrected chi connectivity index (χ3v) is 5.59. The molecule has 3 fully saturated rings. The van der Waals surface area contributed by atoms with Gasteiger partial charge in [-0.1, -0.05) is 0 Å². The van der Waals surface area contributed by atoms with Crippen LogP contribution >= 0.6 is 0 Å². The summed E-state index contributed by atoms with van der Waals surface area (Å²) in [4.78, 5) is 18.6. The lowest BCUT2D eigenvalue weighted by Crippen LogP contribution is -2.46. The van der Waals surface area contributed by atoms with Gasteiger partial charge < -0.3 is 9.80 Å². The molecule has 1 amide bonds. The fourth-order valence-corrected chi connectivity index (χ4v) is 4.21. The van der Waals surface area contributed by atoms with E-state index in [0.29, 0.717) is 6.04 Å². The van der Waals surface area contributed by atoms with Gasteiger partial charge in [-0.3, -0.25) is 9.69 Å². The number of carbonyl (C=O) groups excluding carboxylic acids is 1. The molecule has 20 heavy (non-hydrogen) atoms. The van der Waals surface area contributed by atoms with E-state index >= 15 is 0 Å². The number of likely N-dealkylation sites (tertiary alicyclic amines) is 1. The molecule has 3 rings (SSSR count). The molecule has 0 saturated carbocycles. The minimum atomic E-state index is 0.227. The molecular weight excluding hydrogens is 250 g/mol. The van der Waals surface area contributed by atoms with E-state index in [1.54, 1.807) is 6.92 Å². The smallest absolute Gasteiger partial charge is 0.219 e. The standard InChI is InChI=1S/C16H28N3O/c1-13(20)18-9-8-16(12-18)17(2)10-11-19-14-4-3-5-15(19)7-6-14/h3,14-16H,4-12H2,1-2H3/t14-,15?,16-/m1/s1. The summed E-state index contributed by atoms with van der Waals surface area (Å²) >= 11 is 0. The van der Waals surface area contributed by atoms with E-state index in [9.17, 15) is 4.79 Å². The lowest BCUT2D eigenvalue weighted by Gasteiger charge is -2.36. The van der Waals surface area contributed by atoms with Crippen LogP contribution < -0.4 is 0 Å². The highest BCUT2D eigenvalue weighted by Crippen LogP contribution is 2.34. The molecule has 4 heteroatoms. The maximum absolute atomic E-state index is 11.4. The fraction of sp³-hybridized carbons (Fsp3) is 0.875. The van der Waals surface area contributed by atoms with Crippen LogP contribution in [-0.4, -0.2) is 72.0 Å². The summed E-state index contributed by atoms with van der Waals surface area (Å²) in [6.45, 7) is 5.89. The molecule has 3 aliphatic heterocycles. The zero-order valence-corrected chi connectivity index (χ0v) is 12.9. The van der Waals surface area contributed by atoms with Crippen LogP contribution in [0.3, 0.4) is 0 Å². The average Bonchev–Trinajstić information content (AvgIpc) is 2.99. The first kappa shape index (κ1) is 14.3. The van der Waals surface area contributed by atoms with Crippen molar-refractivity contribution >= 4 is 5.91 Å². The Balaban J connectivity index is 1.46. The maximum Gasteiger partial charge on any atom is 0.219 e. The second-order valence-electron chi connectivity index (χ2n) is 6.77. The van der Waals surface area contributed by atoms with Crippen molar-refractivity contribution in [2.45, 2.75) is 57.2 Å². The van der Waals surface area contributed by atoms with Crippen molar-refractivity contribution in [2.75, 3.05) is 33.2 Å². The normalized spacial score (nSPS) is 34.1. The van der Waals surface area contributed by atoms with Crippen molar-refractivity contribution in [1.29, 1.82) is 0 Å². The van der Waals surface area contributed by atoms with Crippen LogP contribution in [0.4, 0.5) is 0 Å². The first-order valence-electron chi connectivity index (χ1n) is 8.18. The first-order chi connectivity index (χ1) is 9.65. The molecule has 0 aliphatic carbocycles. The Morgan fingerprint density at radius 2 is 1.95 bits per heavy atom. The number of fused-ring (bicyclic) bond motifs is 2. The molecule has 113 valence electrons. The van der Waals surface area contributed by atoms with E-state index in [4.69, 9.17) is 0 Å². The summed E-state index contributed by atoms with van der Waals surface area (Å²) in [7, 11) is 2.23. The van der Waals surface area contributed by atoms with E-state index < -0.39 is 0 Å². The molecule has 0 aromatic rings. The quantitative estimate of drug-likeness (QED) is 0.777. The monoisotopic (exact) mass is 278 g/mol. The van der Waals surface area contributed by atoms with Crippen LogP contribution in [0.1, 0.15) is 39.0 Å². The largest absolute Gasteiger partial charge is 0.341 e. The molecule has 3 saturated heterocycles. The molecule has 3 atom stereocenters. The Labute approximate surface area is 123 Å². The summed E-state index contributed by atoms with van der Waals surface area (Å²) in [6, 6.07) is 2.20. The number of hydrogen-bond donors (Lipinski definition) is 0. The second-order valence-corrected chi connectivity index (χ2v) is 6.77. The molecule has 4 nitrogen and oxygen atoms in total. The number of rotatable bonds is 4. The molecule has 1 unspecified atom stereocenters. The van der Waals surface area contributed by atoms with Crippen molar-refractivity contribution in [1.82, 2.24) is 14.7 Å². The molecule has 0 spiro atoms. The van der Waals surface area contributed by atoms with Crippen LogP contribution in [0.15, 0.2) is 0 Å². The number of amides is 1. The topological polar surface area (TPSA) is 26.8 Å². The summed E-state index contributed by atoms with van der Waals surface area (Å²) in [5.41, 5.74) is 0. The number of likely N-dealkylation sites (N-methyl/N-ethyl adjacent to an activating group) is 1. The highest BCUT2D eigenvalue weighted by Gasteiger charge is 2.36. The van der Waals surface area contributed by atoms with Crippen LogP contribution in [0.25, 0.3) is 0 Å². The van der Waals surface area contributed by atoms with E-state index in [1.165, 1.54) is 32.2 Å². The Bertz CT molecular complexity index is 344. The minimum absolute atomic E-state index is 0.227. The van der Waals surface area contributed by atoms with Gasteiger partial charge >= 0.3 is 0 Å². The van der Waals surface area contributed by atoms with E-state index in [2.05, 4.69) is 23.3 Å². The van der Waals surface area contributed by atoms with Gasteiger partial charge in [-0.05, 0) is 45.6 Å². The zero-order valence-electron chi connectivity index (χ0n) is 12.9. The molecule has 2 bridgehead atoms. The van der Waals surface area contributed by atoms with Crippen molar-refractivity contribution < 1.29 is 4.79 Å². The van der Waals surface area contributed by atoms with Crippen LogP contribution in [0, 0.1) is 6.42 Å². The van der Waals surface area contributed by atoms with Gasteiger partial charge in [-0.2, -0.15) is 0 Å². The molecule has 3 heterocycles. The number of nitrogens with zero attached hydrogens (tertiary/aromatic N) is 3. The molecule has 3 aliphatic rings. The zero-order chi connectivity index (χ0) is 14.1. The van der Waals surface area contributed by atoms with Crippen LogP contribution in [0.2, 0.25) is 0 Å². The van der Waals surface area contributed by atoms with E-state index in [0.717, 1.165) is 38.1 Å². The minimum Gasteiger partial charge on any atom is -0.341 e. The summed E-state index contributed by atoms with van der Waals surface area (Å²) in [6.07, 6.45) is 9.00. The van der Waals surface area contributed by atoms with Gasteiger partial charge in [-0.25, -0.2) is 0 Å². The van der Waals surface area contributed by atoms with Gasteiger partial charge in [0.25, 0.3) is 0 Å². The third kappa shape index (κ3) is 2.86. The predicted octanol–water partition coefficient (Wildman–Crippen LogP) is 1.37. The molecule has 1 radical (unpaired) electrons. The third-order valence-electron chi connectivity index (χ3n) is 5.59. The molecule has 0 aromatic carbocycles. The Kier molecular flexibility index (Phi) is 4.32. The van der Waals surface area contributed by atoms with Crippen LogP contribution in [0.5, 0.6) is 0 Å². The van der Waals surface area contributed by atoms with Gasteiger partial charge in [0.1, 0.15) is 0 Å². The summed E-state index contributed by atoms with van der Waals surface area (Å²) in [5, 5.41) is 0. The van der Waals surface area contributed by atoms with E-state index in [-0.39, 0.29) is 5.91 Å². The number of carbonyl (C=O) groups is 1. The predicted molar refractivity (Wildman–Crippen MR) is 80.3 cm³/mol. The van der Waals surface area contributed by atoms with Gasteiger partial charge in [0, 0.05) is 51.2 Å². The maximum atomic E-state index is 11.4. The second kappa shape index (κ2) is 6.02. The van der Waals surface area contributed by atoms with Gasteiger partial charge in [-0.15, -0.1) is 0 Å². The summed E-state index contributed by atoms with van der Waals surface area (Å²) in [5.74, 6) is 0.227. The molecule has 0 aromatic heterocycles. The molecular formula is C16H28N3O. The Morgan fingerprint density at radius 1 is 1.25 bits per heavy atom. The summed E-state index contributed by atoms with van der Waals surface area (Å²) < 4.78 is 0. The number of piperidine rings is 1. The van der Waals surface area contributed by atoms with Crippen molar-refractivity contribution in [2.24, 2.45) is 0 Å². The van der Waals surface area contributed by atoms with Crippen LogP contribution in [-0.2, 0) is 4.79 Å². The Hall–Kier alpha value is -0.610. The lowest BCUT2D eigenvalue weighted by atomic mass is 10.0. The average molecular weight is 278 g/mol. The van der Waals surface area contributed by atoms with Crippen molar-refractivity contribution in [3.8, 4) is 0 Å². The highest BCUT2D eigenvalue weighted by molar-refractivity contribution is 5.73.